The molecular weight excluding hydrogens is 344 g/mol. The third-order valence-corrected chi connectivity index (χ3v) is 4.99. The maximum Gasteiger partial charge on any atom is 0.289 e. The average Bonchev–Trinajstić information content (AvgIpc) is 3.07. The van der Waals surface area contributed by atoms with Crippen molar-refractivity contribution in [2.24, 2.45) is 0 Å². The second-order valence-electron chi connectivity index (χ2n) is 6.94. The fourth-order valence-corrected chi connectivity index (χ4v) is 3.56. The number of ether oxygens (including phenoxy) is 1. The summed E-state index contributed by atoms with van der Waals surface area (Å²) in [6.07, 6.45) is 2.56. The van der Waals surface area contributed by atoms with Gasteiger partial charge in [0.2, 0.25) is 5.91 Å². The molecule has 1 fully saturated rings. The lowest BCUT2D eigenvalue weighted by atomic mass is 10.0. The maximum atomic E-state index is 12.9. The van der Waals surface area contributed by atoms with E-state index >= 15 is 0 Å². The van der Waals surface area contributed by atoms with Crippen LogP contribution in [0.5, 0.6) is 5.75 Å². The summed E-state index contributed by atoms with van der Waals surface area (Å²) < 4.78 is 10.7. The number of carbonyl (C=O) groups excluding carboxylic acids is 2. The summed E-state index contributed by atoms with van der Waals surface area (Å²) >= 11 is 0. The van der Waals surface area contributed by atoms with E-state index in [1.807, 2.05) is 24.8 Å². The minimum atomic E-state index is -0.120. The Morgan fingerprint density at radius 2 is 1.85 bits per heavy atom. The molecule has 0 spiro atoms. The highest BCUT2D eigenvalue weighted by atomic mass is 16.5. The van der Waals surface area contributed by atoms with E-state index in [1.165, 1.54) is 6.26 Å². The first-order valence-corrected chi connectivity index (χ1v) is 9.24. The highest BCUT2D eigenvalue weighted by Gasteiger charge is 2.25. The second-order valence-corrected chi connectivity index (χ2v) is 6.94. The summed E-state index contributed by atoms with van der Waals surface area (Å²) in [7, 11) is 1.63. The van der Waals surface area contributed by atoms with Crippen LogP contribution in [0.15, 0.2) is 34.9 Å². The molecule has 1 saturated heterocycles. The van der Waals surface area contributed by atoms with Gasteiger partial charge in [-0.05, 0) is 49.6 Å². The zero-order chi connectivity index (χ0) is 19.4. The molecule has 2 heterocycles. The summed E-state index contributed by atoms with van der Waals surface area (Å²) in [6, 6.07) is 7.40. The van der Waals surface area contributed by atoms with Crippen molar-refractivity contribution < 1.29 is 18.7 Å². The molecule has 0 bridgehead atoms. The first-order valence-electron chi connectivity index (χ1n) is 9.24. The summed E-state index contributed by atoms with van der Waals surface area (Å²) in [4.78, 5) is 28.9. The monoisotopic (exact) mass is 370 g/mol. The molecule has 2 amide bonds. The summed E-state index contributed by atoms with van der Waals surface area (Å²) in [5, 5.41) is 0. The van der Waals surface area contributed by atoms with E-state index in [4.69, 9.17) is 9.15 Å². The first-order chi connectivity index (χ1) is 13.0. The lowest BCUT2D eigenvalue weighted by molar-refractivity contribution is -0.130. The lowest BCUT2D eigenvalue weighted by Gasteiger charge is -2.22. The van der Waals surface area contributed by atoms with Gasteiger partial charge in [0.05, 0.1) is 19.8 Å². The van der Waals surface area contributed by atoms with E-state index in [0.29, 0.717) is 38.4 Å². The molecule has 6 nitrogen and oxygen atoms in total. The van der Waals surface area contributed by atoms with Crippen LogP contribution < -0.4 is 4.74 Å². The van der Waals surface area contributed by atoms with E-state index in [-0.39, 0.29) is 11.8 Å². The number of methoxy groups -OCH3 is 1. The van der Waals surface area contributed by atoms with Crippen molar-refractivity contribution in [2.45, 2.75) is 26.7 Å². The minimum absolute atomic E-state index is 0.0625. The van der Waals surface area contributed by atoms with Crippen LogP contribution in [0.25, 0.3) is 0 Å². The Morgan fingerprint density at radius 1 is 1.11 bits per heavy atom. The Labute approximate surface area is 159 Å². The normalized spacial score (nSPS) is 14.8. The molecule has 144 valence electrons. The molecule has 1 aromatic carbocycles. The number of aryl methyl sites for hydroxylation is 2. The van der Waals surface area contributed by atoms with Crippen LogP contribution in [-0.2, 0) is 11.2 Å². The number of hydrogen-bond acceptors (Lipinski definition) is 4. The SMILES string of the molecule is COc1cc(C)cc(C)c1CC(=O)N1CCCN(C(=O)c2ccco2)CC1. The molecule has 0 atom stereocenters. The number of nitrogens with zero attached hydrogens (tertiary/aromatic N) is 2. The Bertz CT molecular complexity index is 814. The first kappa shape index (κ1) is 19.0. The zero-order valence-electron chi connectivity index (χ0n) is 16.2. The van der Waals surface area contributed by atoms with Gasteiger partial charge in [0.25, 0.3) is 5.91 Å². The Hall–Kier alpha value is -2.76. The Balaban J connectivity index is 1.66. The highest BCUT2D eigenvalue weighted by Crippen LogP contribution is 2.25. The van der Waals surface area contributed by atoms with Crippen LogP contribution in [0.4, 0.5) is 0 Å². The third-order valence-electron chi connectivity index (χ3n) is 4.99. The van der Waals surface area contributed by atoms with Crippen molar-refractivity contribution in [3.63, 3.8) is 0 Å². The van der Waals surface area contributed by atoms with Crippen LogP contribution in [0, 0.1) is 13.8 Å². The zero-order valence-corrected chi connectivity index (χ0v) is 16.2. The molecule has 1 aliphatic heterocycles. The van der Waals surface area contributed by atoms with Gasteiger partial charge >= 0.3 is 0 Å². The topological polar surface area (TPSA) is 63.0 Å². The van der Waals surface area contributed by atoms with Crippen LogP contribution in [0.3, 0.4) is 0 Å². The van der Waals surface area contributed by atoms with Crippen LogP contribution in [0.2, 0.25) is 0 Å². The van der Waals surface area contributed by atoms with E-state index in [1.54, 1.807) is 24.1 Å². The van der Waals surface area contributed by atoms with E-state index < -0.39 is 0 Å². The van der Waals surface area contributed by atoms with Gasteiger partial charge in [0, 0.05) is 31.7 Å². The van der Waals surface area contributed by atoms with E-state index in [0.717, 1.165) is 28.9 Å². The molecule has 3 rings (SSSR count). The van der Waals surface area contributed by atoms with Crippen LogP contribution in [0.1, 0.15) is 33.7 Å². The van der Waals surface area contributed by atoms with Crippen molar-refractivity contribution in [3.05, 3.63) is 53.0 Å². The predicted octanol–water partition coefficient (Wildman–Crippen LogP) is 2.82. The largest absolute Gasteiger partial charge is 0.496 e. The molecule has 27 heavy (non-hydrogen) atoms. The molecule has 6 heteroatoms. The number of carbonyl (C=O) groups is 2. The van der Waals surface area contributed by atoms with Gasteiger partial charge in [-0.2, -0.15) is 0 Å². The Kier molecular flexibility index (Phi) is 5.84. The fraction of sp³-hybridized carbons (Fsp3) is 0.429. The van der Waals surface area contributed by atoms with Crippen molar-refractivity contribution in [2.75, 3.05) is 33.3 Å². The van der Waals surface area contributed by atoms with E-state index in [2.05, 4.69) is 6.07 Å². The maximum absolute atomic E-state index is 12.9. The molecule has 1 aliphatic rings. The van der Waals surface area contributed by atoms with Gasteiger partial charge in [-0.25, -0.2) is 0 Å². The number of benzene rings is 1. The molecule has 1 aromatic heterocycles. The van der Waals surface area contributed by atoms with Gasteiger partial charge in [-0.3, -0.25) is 9.59 Å². The van der Waals surface area contributed by atoms with Gasteiger partial charge in [-0.1, -0.05) is 6.07 Å². The fourth-order valence-electron chi connectivity index (χ4n) is 3.56. The number of hydrogen-bond donors (Lipinski definition) is 0. The lowest BCUT2D eigenvalue weighted by Crippen LogP contribution is -2.38. The van der Waals surface area contributed by atoms with Crippen LogP contribution in [-0.4, -0.2) is 54.9 Å². The summed E-state index contributed by atoms with van der Waals surface area (Å²) in [5.74, 6) is 1.04. The Morgan fingerprint density at radius 3 is 2.56 bits per heavy atom. The number of furan rings is 1. The molecule has 0 radical (unpaired) electrons. The molecule has 0 N–H and O–H groups in total. The highest BCUT2D eigenvalue weighted by molar-refractivity contribution is 5.91. The minimum Gasteiger partial charge on any atom is -0.496 e. The van der Waals surface area contributed by atoms with Gasteiger partial charge in [-0.15, -0.1) is 0 Å². The smallest absolute Gasteiger partial charge is 0.289 e. The molecule has 2 aromatic rings. The summed E-state index contributed by atoms with van der Waals surface area (Å²) in [5.41, 5.74) is 3.10. The van der Waals surface area contributed by atoms with Crippen LogP contribution >= 0.6 is 0 Å². The number of rotatable bonds is 4. The van der Waals surface area contributed by atoms with Gasteiger partial charge in [0.15, 0.2) is 5.76 Å². The van der Waals surface area contributed by atoms with Crippen molar-refractivity contribution in [1.29, 1.82) is 0 Å². The van der Waals surface area contributed by atoms with Crippen molar-refractivity contribution >= 4 is 11.8 Å². The van der Waals surface area contributed by atoms with Gasteiger partial charge < -0.3 is 19.0 Å². The van der Waals surface area contributed by atoms with E-state index in [9.17, 15) is 9.59 Å². The molecule has 0 aliphatic carbocycles. The number of amides is 2. The second kappa shape index (κ2) is 8.29. The third kappa shape index (κ3) is 4.32. The quantitative estimate of drug-likeness (QED) is 0.830. The standard InChI is InChI=1S/C21H26N2O4/c1-15-12-16(2)17(19(13-15)26-3)14-20(24)22-7-5-8-23(10-9-22)21(25)18-6-4-11-27-18/h4,6,11-13H,5,7-10,14H2,1-3H3. The average molecular weight is 370 g/mol. The van der Waals surface area contributed by atoms with Crippen molar-refractivity contribution in [3.8, 4) is 5.75 Å². The molecule has 0 saturated carbocycles. The molecular formula is C21H26N2O4. The van der Waals surface area contributed by atoms with Crippen molar-refractivity contribution in [1.82, 2.24) is 9.80 Å². The summed E-state index contributed by atoms with van der Waals surface area (Å²) in [6.45, 7) is 6.32. The molecule has 0 unspecified atom stereocenters. The predicted molar refractivity (Wildman–Crippen MR) is 102 cm³/mol. The van der Waals surface area contributed by atoms with Gasteiger partial charge in [0.1, 0.15) is 5.75 Å².